The van der Waals surface area contributed by atoms with Gasteiger partial charge in [-0.1, -0.05) is 6.58 Å². The molecule has 0 spiro atoms. The first-order valence-electron chi connectivity index (χ1n) is 7.94. The molecule has 124 valence electrons. The summed E-state index contributed by atoms with van der Waals surface area (Å²) in [6, 6.07) is 7.07. The van der Waals surface area contributed by atoms with Crippen molar-refractivity contribution >= 4 is 17.2 Å². The zero-order valence-electron chi connectivity index (χ0n) is 13.7. The third-order valence-corrected chi connectivity index (χ3v) is 3.93. The van der Waals surface area contributed by atoms with Gasteiger partial charge in [-0.2, -0.15) is 0 Å². The molecular formula is C18H21N5O. The summed E-state index contributed by atoms with van der Waals surface area (Å²) in [5, 5.41) is 8.49. The van der Waals surface area contributed by atoms with Gasteiger partial charge in [0.05, 0.1) is 17.2 Å². The van der Waals surface area contributed by atoms with E-state index in [1.807, 2.05) is 6.07 Å². The molecular weight excluding hydrogens is 302 g/mol. The lowest BCUT2D eigenvalue weighted by Gasteiger charge is -2.17. The van der Waals surface area contributed by atoms with Crippen molar-refractivity contribution in [2.45, 2.75) is 19.8 Å². The summed E-state index contributed by atoms with van der Waals surface area (Å²) < 4.78 is 5.51. The lowest BCUT2D eigenvalue weighted by Crippen LogP contribution is -2.20. The molecule has 0 aliphatic carbocycles. The Kier molecular flexibility index (Phi) is 4.46. The highest BCUT2D eigenvalue weighted by molar-refractivity contribution is 6.13. The minimum Gasteiger partial charge on any atom is -0.463 e. The van der Waals surface area contributed by atoms with Gasteiger partial charge in [0.1, 0.15) is 17.9 Å². The van der Waals surface area contributed by atoms with E-state index in [0.29, 0.717) is 28.5 Å². The highest BCUT2D eigenvalue weighted by Gasteiger charge is 2.17. The topological polar surface area (TPSA) is 88.1 Å². The highest BCUT2D eigenvalue weighted by Crippen LogP contribution is 2.24. The van der Waals surface area contributed by atoms with Gasteiger partial charge in [-0.25, -0.2) is 9.97 Å². The van der Waals surface area contributed by atoms with Crippen molar-refractivity contribution in [3.63, 3.8) is 0 Å². The fourth-order valence-electron chi connectivity index (χ4n) is 2.76. The van der Waals surface area contributed by atoms with E-state index in [1.165, 1.54) is 19.2 Å². The van der Waals surface area contributed by atoms with Crippen LogP contribution in [0.1, 0.15) is 31.0 Å². The molecule has 1 aromatic heterocycles. The highest BCUT2D eigenvalue weighted by atomic mass is 16.5. The SMILES string of the molecule is C=C(C)Oc1ccc(N)c(C(=N)c2cc(N3CCCC3)ncn2)c1. The van der Waals surface area contributed by atoms with Crippen LogP contribution in [0.15, 0.2) is 42.9 Å². The quantitative estimate of drug-likeness (QED) is 0.502. The van der Waals surface area contributed by atoms with Crippen LogP contribution >= 0.6 is 0 Å². The monoisotopic (exact) mass is 323 g/mol. The molecule has 0 radical (unpaired) electrons. The van der Waals surface area contributed by atoms with E-state index < -0.39 is 0 Å². The molecule has 6 nitrogen and oxygen atoms in total. The molecule has 1 aliphatic heterocycles. The predicted octanol–water partition coefficient (Wildman–Crippen LogP) is 2.99. The number of nitrogens with zero attached hydrogens (tertiary/aromatic N) is 3. The molecule has 1 fully saturated rings. The van der Waals surface area contributed by atoms with Crippen molar-refractivity contribution in [3.8, 4) is 5.75 Å². The number of aromatic nitrogens is 2. The van der Waals surface area contributed by atoms with Gasteiger partial charge in [-0.15, -0.1) is 0 Å². The van der Waals surface area contributed by atoms with E-state index in [2.05, 4.69) is 21.4 Å². The smallest absolute Gasteiger partial charge is 0.132 e. The molecule has 1 aromatic carbocycles. The zero-order valence-corrected chi connectivity index (χ0v) is 13.7. The molecule has 3 N–H and O–H groups in total. The van der Waals surface area contributed by atoms with E-state index >= 15 is 0 Å². The minimum absolute atomic E-state index is 0.252. The lowest BCUT2D eigenvalue weighted by atomic mass is 10.0. The van der Waals surface area contributed by atoms with Crippen LogP contribution in [0.3, 0.4) is 0 Å². The Morgan fingerprint density at radius 1 is 1.25 bits per heavy atom. The van der Waals surface area contributed by atoms with Crippen LogP contribution in [0.2, 0.25) is 0 Å². The number of hydrogen-bond acceptors (Lipinski definition) is 6. The lowest BCUT2D eigenvalue weighted by molar-refractivity contribution is 0.430. The number of nitrogens with one attached hydrogen (secondary N) is 1. The van der Waals surface area contributed by atoms with Crippen molar-refractivity contribution < 1.29 is 4.74 Å². The van der Waals surface area contributed by atoms with Gasteiger partial charge in [0, 0.05) is 30.4 Å². The van der Waals surface area contributed by atoms with Crippen molar-refractivity contribution in [1.82, 2.24) is 9.97 Å². The van der Waals surface area contributed by atoms with Crippen LogP contribution in [0.4, 0.5) is 11.5 Å². The first kappa shape index (κ1) is 16.0. The Balaban J connectivity index is 1.91. The van der Waals surface area contributed by atoms with Crippen molar-refractivity contribution in [3.05, 3.63) is 54.2 Å². The maximum Gasteiger partial charge on any atom is 0.132 e. The van der Waals surface area contributed by atoms with E-state index in [1.54, 1.807) is 25.1 Å². The largest absolute Gasteiger partial charge is 0.463 e. The maximum atomic E-state index is 8.49. The summed E-state index contributed by atoms with van der Waals surface area (Å²) in [6.07, 6.45) is 3.84. The average molecular weight is 323 g/mol. The van der Waals surface area contributed by atoms with Gasteiger partial charge in [-0.05, 0) is 38.0 Å². The number of allylic oxidation sites excluding steroid dienone is 1. The number of nitrogen functional groups attached to an aromatic ring is 1. The molecule has 0 amide bonds. The zero-order chi connectivity index (χ0) is 17.1. The van der Waals surface area contributed by atoms with Gasteiger partial charge >= 0.3 is 0 Å². The van der Waals surface area contributed by atoms with Crippen molar-refractivity contribution in [2.24, 2.45) is 0 Å². The van der Waals surface area contributed by atoms with E-state index in [-0.39, 0.29) is 5.71 Å². The Hall–Kier alpha value is -2.89. The Labute approximate surface area is 141 Å². The predicted molar refractivity (Wildman–Crippen MR) is 95.7 cm³/mol. The normalized spacial score (nSPS) is 13.8. The number of nitrogens with two attached hydrogens (primary N) is 1. The van der Waals surface area contributed by atoms with Crippen LogP contribution in [0.25, 0.3) is 0 Å². The third kappa shape index (κ3) is 3.37. The van der Waals surface area contributed by atoms with Crippen molar-refractivity contribution in [2.75, 3.05) is 23.7 Å². The Morgan fingerprint density at radius 2 is 2.00 bits per heavy atom. The summed E-state index contributed by atoms with van der Waals surface area (Å²) in [5.74, 6) is 2.04. The van der Waals surface area contributed by atoms with Crippen molar-refractivity contribution in [1.29, 1.82) is 5.41 Å². The van der Waals surface area contributed by atoms with E-state index in [0.717, 1.165) is 18.9 Å². The van der Waals surface area contributed by atoms with Crippen LogP contribution in [-0.2, 0) is 0 Å². The summed E-state index contributed by atoms with van der Waals surface area (Å²) in [6.45, 7) is 7.49. The second-order valence-electron chi connectivity index (χ2n) is 5.88. The first-order chi connectivity index (χ1) is 11.5. The fourth-order valence-corrected chi connectivity index (χ4v) is 2.76. The minimum atomic E-state index is 0.252. The number of hydrogen-bond donors (Lipinski definition) is 2. The first-order valence-corrected chi connectivity index (χ1v) is 7.94. The number of benzene rings is 1. The van der Waals surface area contributed by atoms with Gasteiger partial charge in [0.2, 0.25) is 0 Å². The standard InChI is InChI=1S/C18H21N5O/c1-12(2)24-13-5-6-15(19)14(9-13)18(20)16-10-17(22-11-21-16)23-7-3-4-8-23/h5-6,9-11,20H,1,3-4,7-8,19H2,2H3. The maximum absolute atomic E-state index is 8.49. The fraction of sp³-hybridized carbons (Fsp3) is 0.278. The molecule has 0 saturated carbocycles. The molecule has 24 heavy (non-hydrogen) atoms. The molecule has 6 heteroatoms. The summed E-state index contributed by atoms with van der Waals surface area (Å²) in [4.78, 5) is 10.8. The summed E-state index contributed by atoms with van der Waals surface area (Å²) in [5.41, 5.74) is 7.94. The molecule has 0 atom stereocenters. The molecule has 3 rings (SSSR count). The average Bonchev–Trinajstić information content (AvgIpc) is 3.10. The molecule has 1 saturated heterocycles. The Morgan fingerprint density at radius 3 is 2.71 bits per heavy atom. The van der Waals surface area contributed by atoms with Gasteiger partial charge in [-0.3, -0.25) is 5.41 Å². The van der Waals surface area contributed by atoms with Crippen LogP contribution < -0.4 is 15.4 Å². The molecule has 0 unspecified atom stereocenters. The van der Waals surface area contributed by atoms with Gasteiger partial charge in [0.15, 0.2) is 0 Å². The summed E-state index contributed by atoms with van der Waals surface area (Å²) >= 11 is 0. The molecule has 0 bridgehead atoms. The van der Waals surface area contributed by atoms with E-state index in [4.69, 9.17) is 15.9 Å². The van der Waals surface area contributed by atoms with Gasteiger partial charge in [0.25, 0.3) is 0 Å². The van der Waals surface area contributed by atoms with E-state index in [9.17, 15) is 0 Å². The third-order valence-electron chi connectivity index (χ3n) is 3.93. The number of anilines is 2. The van der Waals surface area contributed by atoms with Crippen LogP contribution in [0.5, 0.6) is 5.75 Å². The number of rotatable bonds is 5. The summed E-state index contributed by atoms with van der Waals surface area (Å²) in [7, 11) is 0. The molecule has 1 aliphatic rings. The molecule has 2 aromatic rings. The van der Waals surface area contributed by atoms with Crippen LogP contribution in [-0.4, -0.2) is 28.8 Å². The number of ether oxygens (including phenoxy) is 1. The van der Waals surface area contributed by atoms with Gasteiger partial charge < -0.3 is 15.4 Å². The van der Waals surface area contributed by atoms with Crippen LogP contribution in [0, 0.1) is 5.41 Å². The second kappa shape index (κ2) is 6.70. The molecule has 2 heterocycles. The second-order valence-corrected chi connectivity index (χ2v) is 5.88. The Bertz CT molecular complexity index is 781.